The van der Waals surface area contributed by atoms with Crippen LogP contribution in [0.5, 0.6) is 23.0 Å². The Bertz CT molecular complexity index is 3210. The Morgan fingerprint density at radius 2 is 0.607 bits per heavy atom. The molecule has 2 spiro atoms. The Labute approximate surface area is 356 Å². The van der Waals surface area contributed by atoms with E-state index in [-0.39, 0.29) is 0 Å². The van der Waals surface area contributed by atoms with Crippen LogP contribution in [0.15, 0.2) is 194 Å². The Balaban J connectivity index is 0.967. The van der Waals surface area contributed by atoms with Gasteiger partial charge < -0.3 is 9.47 Å². The normalized spacial score (nSPS) is 14.8. The van der Waals surface area contributed by atoms with E-state index < -0.39 is 10.8 Å². The van der Waals surface area contributed by atoms with E-state index in [1.807, 2.05) is 0 Å². The van der Waals surface area contributed by atoms with Crippen LogP contribution in [0, 0.1) is 0 Å². The molecule has 5 heteroatoms. The van der Waals surface area contributed by atoms with Crippen molar-refractivity contribution in [3.63, 3.8) is 0 Å². The van der Waals surface area contributed by atoms with Crippen LogP contribution in [0.25, 0.3) is 55.5 Å². The van der Waals surface area contributed by atoms with Gasteiger partial charge in [-0.1, -0.05) is 158 Å². The van der Waals surface area contributed by atoms with Crippen LogP contribution >= 0.6 is 11.7 Å². The van der Waals surface area contributed by atoms with Gasteiger partial charge in [0.05, 0.1) is 22.6 Å². The van der Waals surface area contributed by atoms with Crippen molar-refractivity contribution in [3.8, 4) is 67.5 Å². The molecule has 61 heavy (non-hydrogen) atoms. The maximum absolute atomic E-state index is 6.61. The van der Waals surface area contributed by atoms with Gasteiger partial charge in [0.2, 0.25) is 0 Å². The van der Waals surface area contributed by atoms with Gasteiger partial charge in [0, 0.05) is 33.4 Å². The fraction of sp³-hybridized carbons (Fsp3) is 0.0357. The maximum atomic E-state index is 6.61. The van der Waals surface area contributed by atoms with Crippen molar-refractivity contribution in [2.24, 2.45) is 0 Å². The molecule has 0 radical (unpaired) electrons. The fourth-order valence-corrected chi connectivity index (χ4v) is 11.9. The van der Waals surface area contributed by atoms with E-state index in [1.165, 1.54) is 56.2 Å². The quantitative estimate of drug-likeness (QED) is 0.175. The third kappa shape index (κ3) is 4.14. The highest BCUT2D eigenvalue weighted by Crippen LogP contribution is 2.64. The Morgan fingerprint density at radius 3 is 1.00 bits per heavy atom. The Kier molecular flexibility index (Phi) is 6.54. The first-order valence-corrected chi connectivity index (χ1v) is 21.5. The molecule has 4 nitrogen and oxygen atoms in total. The molecule has 0 N–H and O–H groups in total. The molecule has 2 aliphatic carbocycles. The molecule has 3 heterocycles. The van der Waals surface area contributed by atoms with E-state index >= 15 is 0 Å². The van der Waals surface area contributed by atoms with E-state index in [1.54, 1.807) is 0 Å². The molecule has 9 aromatic carbocycles. The van der Waals surface area contributed by atoms with E-state index in [9.17, 15) is 0 Å². The number of rotatable bonds is 2. The van der Waals surface area contributed by atoms with Gasteiger partial charge in [0.25, 0.3) is 0 Å². The lowest BCUT2D eigenvalue weighted by Gasteiger charge is -2.39. The number of hydrogen-bond acceptors (Lipinski definition) is 5. The third-order valence-corrected chi connectivity index (χ3v) is 14.3. The lowest BCUT2D eigenvalue weighted by Crippen LogP contribution is -2.32. The monoisotopic (exact) mass is 796 g/mol. The van der Waals surface area contributed by atoms with Crippen molar-refractivity contribution in [3.05, 3.63) is 239 Å². The SMILES string of the molecule is c1ccc2c(c1)Oc1ccccc1C21c2ccccc2-c2ccc(-c3ccc(-c4ccc5c(c4)C4(c6ccccc6Oc6ccccc64)c4ccccc4-5)c4nsnc34)cc21. The smallest absolute Gasteiger partial charge is 0.132 e. The van der Waals surface area contributed by atoms with Crippen LogP contribution in [0.2, 0.25) is 0 Å². The average Bonchev–Trinajstić information content (AvgIpc) is 4.01. The van der Waals surface area contributed by atoms with Crippen LogP contribution in [0.3, 0.4) is 0 Å². The van der Waals surface area contributed by atoms with Crippen molar-refractivity contribution < 1.29 is 9.47 Å². The molecular weight excluding hydrogens is 765 g/mol. The van der Waals surface area contributed by atoms with Crippen molar-refractivity contribution in [2.45, 2.75) is 10.8 Å². The predicted octanol–water partition coefficient (Wildman–Crippen LogP) is 14.0. The highest BCUT2D eigenvalue weighted by molar-refractivity contribution is 7.00. The Morgan fingerprint density at radius 1 is 0.295 bits per heavy atom. The van der Waals surface area contributed by atoms with Gasteiger partial charge in [-0.3, -0.25) is 0 Å². The van der Waals surface area contributed by atoms with Crippen LogP contribution < -0.4 is 9.47 Å². The maximum Gasteiger partial charge on any atom is 0.132 e. The van der Waals surface area contributed by atoms with Gasteiger partial charge >= 0.3 is 0 Å². The fourth-order valence-electron chi connectivity index (χ4n) is 11.4. The highest BCUT2D eigenvalue weighted by atomic mass is 32.1. The first-order chi connectivity index (χ1) is 30.2. The van der Waals surface area contributed by atoms with E-state index in [0.29, 0.717) is 0 Å². The number of hydrogen-bond donors (Lipinski definition) is 0. The summed E-state index contributed by atoms with van der Waals surface area (Å²) in [7, 11) is 0. The van der Waals surface area contributed by atoms with E-state index in [0.717, 1.165) is 78.5 Å². The lowest BCUT2D eigenvalue weighted by atomic mass is 9.66. The lowest BCUT2D eigenvalue weighted by molar-refractivity contribution is 0.436. The first kappa shape index (κ1) is 33.3. The largest absolute Gasteiger partial charge is 0.457 e. The molecule has 4 aliphatic rings. The van der Waals surface area contributed by atoms with Crippen LogP contribution in [0.1, 0.15) is 44.5 Å². The summed E-state index contributed by atoms with van der Waals surface area (Å²) in [5, 5.41) is 0. The molecule has 0 fully saturated rings. The Hall–Kier alpha value is -7.60. The number of ether oxygens (including phenoxy) is 2. The van der Waals surface area contributed by atoms with Gasteiger partial charge in [-0.25, -0.2) is 0 Å². The van der Waals surface area contributed by atoms with Crippen molar-refractivity contribution in [2.75, 3.05) is 0 Å². The standard InChI is InChI=1S/C56H32N2O2S/c1-3-15-41-37(13-1)39-27-25-33(31-47(39)55(41)43-17-5-9-21-49(43)59-50-22-10-6-18-44(50)55)35-29-30-36(54-53(35)57-61-58-54)34-26-28-40-38-14-2-4-16-42(38)56(48(40)32-34)45-19-7-11-23-51(45)60-52-24-12-8-20-46(52)56/h1-32H. The van der Waals surface area contributed by atoms with Gasteiger partial charge in [-0.05, 0) is 92.0 Å². The second-order valence-corrected chi connectivity index (χ2v) is 17.0. The van der Waals surface area contributed by atoms with Crippen LogP contribution in [-0.4, -0.2) is 8.75 Å². The summed E-state index contributed by atoms with van der Waals surface area (Å²) >= 11 is 1.27. The topological polar surface area (TPSA) is 44.2 Å². The number of para-hydroxylation sites is 4. The summed E-state index contributed by atoms with van der Waals surface area (Å²) < 4.78 is 23.3. The number of benzene rings is 9. The zero-order valence-corrected chi connectivity index (χ0v) is 33.4. The van der Waals surface area contributed by atoms with Crippen LogP contribution in [-0.2, 0) is 10.8 Å². The minimum atomic E-state index is -0.550. The third-order valence-electron chi connectivity index (χ3n) is 13.7. The van der Waals surface area contributed by atoms with Crippen molar-refractivity contribution in [1.82, 2.24) is 8.75 Å². The van der Waals surface area contributed by atoms with E-state index in [4.69, 9.17) is 18.2 Å². The number of nitrogens with zero attached hydrogens (tertiary/aromatic N) is 2. The molecular formula is C56H32N2O2S. The minimum absolute atomic E-state index is 0.550. The molecule has 10 aromatic rings. The summed E-state index contributed by atoms with van der Waals surface area (Å²) in [5.41, 5.74) is 19.7. The summed E-state index contributed by atoms with van der Waals surface area (Å²) in [6.45, 7) is 0. The second kappa shape index (κ2) is 12.0. The van der Waals surface area contributed by atoms with Crippen molar-refractivity contribution >= 4 is 22.8 Å². The van der Waals surface area contributed by atoms with Gasteiger partial charge in [0.15, 0.2) is 0 Å². The molecule has 284 valence electrons. The summed E-state index contributed by atoms with van der Waals surface area (Å²) in [4.78, 5) is 0. The minimum Gasteiger partial charge on any atom is -0.457 e. The van der Waals surface area contributed by atoms with Crippen molar-refractivity contribution in [1.29, 1.82) is 0 Å². The summed E-state index contributed by atoms with van der Waals surface area (Å²) in [5.74, 6) is 3.54. The van der Waals surface area contributed by atoms with E-state index in [2.05, 4.69) is 194 Å². The highest BCUT2D eigenvalue weighted by Gasteiger charge is 2.52. The van der Waals surface area contributed by atoms with Gasteiger partial charge in [-0.15, -0.1) is 0 Å². The van der Waals surface area contributed by atoms with Gasteiger partial charge in [0.1, 0.15) is 34.0 Å². The molecule has 0 atom stereocenters. The van der Waals surface area contributed by atoms with Gasteiger partial charge in [-0.2, -0.15) is 8.75 Å². The molecule has 14 rings (SSSR count). The summed E-state index contributed by atoms with van der Waals surface area (Å²) in [6.07, 6.45) is 0. The molecule has 0 unspecified atom stereocenters. The molecule has 0 bridgehead atoms. The first-order valence-electron chi connectivity index (χ1n) is 20.7. The predicted molar refractivity (Wildman–Crippen MR) is 243 cm³/mol. The number of fused-ring (bicyclic) bond motifs is 19. The zero-order chi connectivity index (χ0) is 39.9. The second-order valence-electron chi connectivity index (χ2n) is 16.4. The zero-order valence-electron chi connectivity index (χ0n) is 32.6. The summed E-state index contributed by atoms with van der Waals surface area (Å²) in [6, 6.07) is 70.3. The molecule has 0 saturated carbocycles. The molecule has 2 aliphatic heterocycles. The molecule has 1 aromatic heterocycles. The molecule has 0 saturated heterocycles. The molecule has 0 amide bonds. The van der Waals surface area contributed by atoms with Crippen LogP contribution in [0.4, 0.5) is 0 Å². The average molecular weight is 797 g/mol. The number of aromatic nitrogens is 2.